The minimum Gasteiger partial charge on any atom is -0.353 e. The Balaban J connectivity index is 2.27. The van der Waals surface area contributed by atoms with Crippen LogP contribution in [0.4, 0.5) is 0 Å². The first kappa shape index (κ1) is 11.5. The van der Waals surface area contributed by atoms with Crippen molar-refractivity contribution in [1.29, 1.82) is 0 Å². The zero-order valence-corrected chi connectivity index (χ0v) is 9.25. The molecule has 3 heteroatoms. The summed E-state index contributed by atoms with van der Waals surface area (Å²) in [6.45, 7) is 4.02. The molecule has 0 aliphatic heterocycles. The molecule has 0 radical (unpaired) electrons. The summed E-state index contributed by atoms with van der Waals surface area (Å²) in [5, 5.41) is 3.10. The molecule has 0 saturated heterocycles. The normalized spacial score (nSPS) is 29.6. The van der Waals surface area contributed by atoms with Gasteiger partial charge in [0.05, 0.1) is 0 Å². The van der Waals surface area contributed by atoms with Crippen LogP contribution >= 0.6 is 0 Å². The van der Waals surface area contributed by atoms with Gasteiger partial charge >= 0.3 is 0 Å². The van der Waals surface area contributed by atoms with Gasteiger partial charge in [-0.2, -0.15) is 0 Å². The molecule has 0 aromatic rings. The van der Waals surface area contributed by atoms with Crippen LogP contribution in [0.15, 0.2) is 0 Å². The number of hydrogen-bond donors (Lipinski definition) is 2. The van der Waals surface area contributed by atoms with Crippen molar-refractivity contribution in [1.82, 2.24) is 5.32 Å². The molecule has 1 aliphatic rings. The Kier molecular flexibility index (Phi) is 4.39. The summed E-state index contributed by atoms with van der Waals surface area (Å²) in [6.07, 6.45) is 5.10. The van der Waals surface area contributed by atoms with E-state index in [2.05, 4.69) is 5.32 Å². The van der Waals surface area contributed by atoms with Gasteiger partial charge in [-0.3, -0.25) is 4.79 Å². The van der Waals surface area contributed by atoms with E-state index in [9.17, 15) is 4.79 Å². The van der Waals surface area contributed by atoms with Gasteiger partial charge < -0.3 is 11.1 Å². The fourth-order valence-corrected chi connectivity index (χ4v) is 1.79. The summed E-state index contributed by atoms with van der Waals surface area (Å²) >= 11 is 0. The van der Waals surface area contributed by atoms with Gasteiger partial charge in [0.25, 0.3) is 0 Å². The molecule has 1 saturated carbocycles. The lowest BCUT2D eigenvalue weighted by atomic mass is 9.91. The third-order valence-corrected chi connectivity index (χ3v) is 3.18. The number of nitrogens with two attached hydrogens (primary N) is 1. The molecule has 0 aromatic heterocycles. The van der Waals surface area contributed by atoms with Crippen molar-refractivity contribution in [3.05, 3.63) is 0 Å². The molecule has 0 aromatic carbocycles. The number of rotatable bonds is 3. The predicted molar refractivity (Wildman–Crippen MR) is 57.8 cm³/mol. The number of amides is 1. The van der Waals surface area contributed by atoms with E-state index in [1.807, 2.05) is 13.8 Å². The van der Waals surface area contributed by atoms with Crippen molar-refractivity contribution < 1.29 is 4.79 Å². The lowest BCUT2D eigenvalue weighted by molar-refractivity contribution is -0.125. The van der Waals surface area contributed by atoms with Crippen LogP contribution < -0.4 is 11.1 Å². The molecule has 1 fully saturated rings. The predicted octanol–water partition coefficient (Wildman–Crippen LogP) is 1.42. The van der Waals surface area contributed by atoms with Crippen LogP contribution in [-0.4, -0.2) is 18.0 Å². The van der Waals surface area contributed by atoms with Gasteiger partial charge in [0.15, 0.2) is 0 Å². The molecule has 1 amide bonds. The average molecular weight is 198 g/mol. The third kappa shape index (κ3) is 3.29. The van der Waals surface area contributed by atoms with Crippen LogP contribution in [0.2, 0.25) is 0 Å². The Morgan fingerprint density at radius 2 is 2.00 bits per heavy atom. The molecule has 1 unspecified atom stereocenters. The SMILES string of the molecule is CCC(C)C(=O)NC1CCC(N)CC1. The molecular formula is C11H22N2O. The average Bonchev–Trinajstić information content (AvgIpc) is 2.20. The molecule has 0 heterocycles. The van der Waals surface area contributed by atoms with E-state index < -0.39 is 0 Å². The van der Waals surface area contributed by atoms with Crippen LogP contribution in [0.1, 0.15) is 46.0 Å². The Morgan fingerprint density at radius 1 is 1.43 bits per heavy atom. The number of nitrogens with one attached hydrogen (secondary N) is 1. The number of carbonyl (C=O) groups is 1. The molecule has 82 valence electrons. The Hall–Kier alpha value is -0.570. The van der Waals surface area contributed by atoms with E-state index in [1.54, 1.807) is 0 Å². The molecule has 0 bridgehead atoms. The molecule has 14 heavy (non-hydrogen) atoms. The summed E-state index contributed by atoms with van der Waals surface area (Å²) < 4.78 is 0. The highest BCUT2D eigenvalue weighted by atomic mass is 16.1. The summed E-state index contributed by atoms with van der Waals surface area (Å²) in [5.74, 6) is 0.346. The number of hydrogen-bond acceptors (Lipinski definition) is 2. The Labute approximate surface area is 86.4 Å². The molecule has 1 rings (SSSR count). The maximum Gasteiger partial charge on any atom is 0.223 e. The standard InChI is InChI=1S/C11H22N2O/c1-3-8(2)11(14)13-10-6-4-9(12)5-7-10/h8-10H,3-7,12H2,1-2H3,(H,13,14). The van der Waals surface area contributed by atoms with E-state index in [4.69, 9.17) is 5.73 Å². The first-order chi connectivity index (χ1) is 6.63. The van der Waals surface area contributed by atoms with Crippen molar-refractivity contribution in [3.63, 3.8) is 0 Å². The van der Waals surface area contributed by atoms with Crippen molar-refractivity contribution in [2.45, 2.75) is 58.0 Å². The highest BCUT2D eigenvalue weighted by molar-refractivity contribution is 5.78. The minimum atomic E-state index is 0.144. The molecule has 1 atom stereocenters. The fourth-order valence-electron chi connectivity index (χ4n) is 1.79. The lowest BCUT2D eigenvalue weighted by Gasteiger charge is -2.27. The summed E-state index contributed by atoms with van der Waals surface area (Å²) in [5.41, 5.74) is 5.80. The molecule has 3 N–H and O–H groups in total. The second-order valence-corrected chi connectivity index (χ2v) is 4.43. The van der Waals surface area contributed by atoms with E-state index in [0.29, 0.717) is 12.1 Å². The highest BCUT2D eigenvalue weighted by Gasteiger charge is 2.21. The Bertz CT molecular complexity index is 186. The zero-order chi connectivity index (χ0) is 10.6. The van der Waals surface area contributed by atoms with E-state index in [0.717, 1.165) is 32.1 Å². The summed E-state index contributed by atoms with van der Waals surface area (Å²) in [4.78, 5) is 11.6. The third-order valence-electron chi connectivity index (χ3n) is 3.18. The van der Waals surface area contributed by atoms with Crippen LogP contribution in [0.25, 0.3) is 0 Å². The van der Waals surface area contributed by atoms with Crippen LogP contribution in [0.5, 0.6) is 0 Å². The maximum absolute atomic E-state index is 11.6. The summed E-state index contributed by atoms with van der Waals surface area (Å²) in [6, 6.07) is 0.725. The summed E-state index contributed by atoms with van der Waals surface area (Å²) in [7, 11) is 0. The Morgan fingerprint density at radius 3 is 2.50 bits per heavy atom. The van der Waals surface area contributed by atoms with Crippen LogP contribution in [-0.2, 0) is 4.79 Å². The van der Waals surface area contributed by atoms with Gasteiger partial charge in [-0.1, -0.05) is 13.8 Å². The maximum atomic E-state index is 11.6. The first-order valence-electron chi connectivity index (χ1n) is 5.69. The van der Waals surface area contributed by atoms with Gasteiger partial charge in [0.1, 0.15) is 0 Å². The van der Waals surface area contributed by atoms with Gasteiger partial charge in [-0.25, -0.2) is 0 Å². The first-order valence-corrected chi connectivity index (χ1v) is 5.69. The largest absolute Gasteiger partial charge is 0.353 e. The van der Waals surface area contributed by atoms with Gasteiger partial charge in [0, 0.05) is 18.0 Å². The fraction of sp³-hybridized carbons (Fsp3) is 0.909. The molecule has 1 aliphatic carbocycles. The van der Waals surface area contributed by atoms with Crippen molar-refractivity contribution in [2.75, 3.05) is 0 Å². The molecule has 0 spiro atoms. The topological polar surface area (TPSA) is 55.1 Å². The van der Waals surface area contributed by atoms with Gasteiger partial charge in [-0.15, -0.1) is 0 Å². The second kappa shape index (κ2) is 5.35. The lowest BCUT2D eigenvalue weighted by Crippen LogP contribution is -2.42. The van der Waals surface area contributed by atoms with Crippen LogP contribution in [0, 0.1) is 5.92 Å². The highest BCUT2D eigenvalue weighted by Crippen LogP contribution is 2.17. The van der Waals surface area contributed by atoms with Gasteiger partial charge in [-0.05, 0) is 32.1 Å². The molecule has 3 nitrogen and oxygen atoms in total. The van der Waals surface area contributed by atoms with Crippen molar-refractivity contribution in [2.24, 2.45) is 11.7 Å². The zero-order valence-electron chi connectivity index (χ0n) is 9.25. The van der Waals surface area contributed by atoms with E-state index in [1.165, 1.54) is 0 Å². The van der Waals surface area contributed by atoms with Crippen molar-refractivity contribution >= 4 is 5.91 Å². The van der Waals surface area contributed by atoms with Gasteiger partial charge in [0.2, 0.25) is 5.91 Å². The van der Waals surface area contributed by atoms with E-state index in [-0.39, 0.29) is 11.8 Å². The van der Waals surface area contributed by atoms with E-state index >= 15 is 0 Å². The quantitative estimate of drug-likeness (QED) is 0.720. The minimum absolute atomic E-state index is 0.144. The van der Waals surface area contributed by atoms with Crippen LogP contribution in [0.3, 0.4) is 0 Å². The van der Waals surface area contributed by atoms with Crippen molar-refractivity contribution in [3.8, 4) is 0 Å². The molecular weight excluding hydrogens is 176 g/mol. The smallest absolute Gasteiger partial charge is 0.223 e. The monoisotopic (exact) mass is 198 g/mol. The number of carbonyl (C=O) groups excluding carboxylic acids is 1. The second-order valence-electron chi connectivity index (χ2n) is 4.43.